The van der Waals surface area contributed by atoms with Gasteiger partial charge in [-0.2, -0.15) is 0 Å². The van der Waals surface area contributed by atoms with Crippen molar-refractivity contribution >= 4 is 11.9 Å². The van der Waals surface area contributed by atoms with E-state index in [-0.39, 0.29) is 11.8 Å². The number of amides is 1. The molecule has 0 radical (unpaired) electrons. The van der Waals surface area contributed by atoms with Gasteiger partial charge in [0.15, 0.2) is 0 Å². The van der Waals surface area contributed by atoms with Gasteiger partial charge in [0.25, 0.3) is 0 Å². The molecule has 2 atom stereocenters. The zero-order valence-electron chi connectivity index (χ0n) is 8.72. The Bertz CT molecular complexity index is 402. The number of carbonyl (C=O) groups is 2. The van der Waals surface area contributed by atoms with E-state index in [1.165, 1.54) is 0 Å². The van der Waals surface area contributed by atoms with Crippen LogP contribution < -0.4 is 5.32 Å². The van der Waals surface area contributed by atoms with Gasteiger partial charge in [-0.3, -0.25) is 9.59 Å². The largest absolute Gasteiger partial charge is 0.481 e. The van der Waals surface area contributed by atoms with Crippen LogP contribution in [-0.4, -0.2) is 17.0 Å². The summed E-state index contributed by atoms with van der Waals surface area (Å²) in [5.74, 6) is -1.84. The first-order chi connectivity index (χ1) is 7.68. The van der Waals surface area contributed by atoms with Gasteiger partial charge < -0.3 is 10.4 Å². The molecule has 0 unspecified atom stereocenters. The molecule has 1 aliphatic rings. The first kappa shape index (κ1) is 10.7. The Morgan fingerprint density at radius 3 is 2.50 bits per heavy atom. The molecule has 2 rings (SSSR count). The molecule has 1 amide bonds. The van der Waals surface area contributed by atoms with Crippen molar-refractivity contribution in [3.8, 4) is 0 Å². The van der Waals surface area contributed by atoms with E-state index >= 15 is 0 Å². The second-order valence-electron chi connectivity index (χ2n) is 3.99. The first-order valence-electron chi connectivity index (χ1n) is 5.23. The van der Waals surface area contributed by atoms with Gasteiger partial charge >= 0.3 is 5.97 Å². The number of carboxylic acid groups (broad SMARTS) is 1. The molecule has 84 valence electrons. The predicted octanol–water partition coefficient (Wildman–Crippen LogP) is 1.02. The van der Waals surface area contributed by atoms with Crippen molar-refractivity contribution in [1.29, 1.82) is 0 Å². The highest BCUT2D eigenvalue weighted by molar-refractivity contribution is 5.89. The van der Waals surface area contributed by atoms with Gasteiger partial charge in [-0.05, 0) is 12.0 Å². The van der Waals surface area contributed by atoms with Crippen LogP contribution in [0.5, 0.6) is 0 Å². The number of hydrogen-bond donors (Lipinski definition) is 2. The van der Waals surface area contributed by atoms with Gasteiger partial charge in [-0.1, -0.05) is 30.3 Å². The van der Waals surface area contributed by atoms with E-state index in [0.29, 0.717) is 13.0 Å². The predicted molar refractivity (Wildman–Crippen MR) is 57.5 cm³/mol. The average molecular weight is 219 g/mol. The van der Waals surface area contributed by atoms with E-state index < -0.39 is 11.9 Å². The Morgan fingerprint density at radius 1 is 1.25 bits per heavy atom. The van der Waals surface area contributed by atoms with Crippen LogP contribution in [0.3, 0.4) is 0 Å². The summed E-state index contributed by atoms with van der Waals surface area (Å²) in [6.45, 7) is 0.461. The van der Waals surface area contributed by atoms with Crippen LogP contribution >= 0.6 is 0 Å². The number of rotatable bonds is 4. The Balaban J connectivity index is 1.80. The molecule has 1 aromatic carbocycles. The summed E-state index contributed by atoms with van der Waals surface area (Å²) < 4.78 is 0. The SMILES string of the molecule is O=C(O)[C@H]1C[C@H]1C(=O)NCc1ccccc1. The van der Waals surface area contributed by atoms with Crippen molar-refractivity contribution in [2.75, 3.05) is 0 Å². The Labute approximate surface area is 93.3 Å². The van der Waals surface area contributed by atoms with Crippen LogP contribution in [0.1, 0.15) is 12.0 Å². The number of benzene rings is 1. The van der Waals surface area contributed by atoms with Gasteiger partial charge in [0, 0.05) is 6.54 Å². The molecular weight excluding hydrogens is 206 g/mol. The lowest BCUT2D eigenvalue weighted by Crippen LogP contribution is -2.25. The molecule has 0 aliphatic heterocycles. The molecule has 4 nitrogen and oxygen atoms in total. The maximum Gasteiger partial charge on any atom is 0.307 e. The maximum absolute atomic E-state index is 11.5. The molecule has 0 spiro atoms. The van der Waals surface area contributed by atoms with E-state index in [9.17, 15) is 9.59 Å². The molecule has 2 N–H and O–H groups in total. The van der Waals surface area contributed by atoms with Crippen molar-refractivity contribution < 1.29 is 14.7 Å². The molecule has 4 heteroatoms. The summed E-state index contributed by atoms with van der Waals surface area (Å²) in [5.41, 5.74) is 1.02. The molecule has 0 bridgehead atoms. The third-order valence-corrected chi connectivity index (χ3v) is 2.75. The Kier molecular flexibility index (Phi) is 2.90. The summed E-state index contributed by atoms with van der Waals surface area (Å²) in [5, 5.41) is 11.4. The monoisotopic (exact) mass is 219 g/mol. The molecule has 1 aliphatic carbocycles. The van der Waals surface area contributed by atoms with Crippen LogP contribution in [0.2, 0.25) is 0 Å². The van der Waals surface area contributed by atoms with Crippen molar-refractivity contribution in [1.82, 2.24) is 5.32 Å². The van der Waals surface area contributed by atoms with Gasteiger partial charge in [0.2, 0.25) is 5.91 Å². The molecule has 0 saturated heterocycles. The van der Waals surface area contributed by atoms with Gasteiger partial charge in [-0.25, -0.2) is 0 Å². The summed E-state index contributed by atoms with van der Waals surface area (Å²) in [4.78, 5) is 22.1. The highest BCUT2D eigenvalue weighted by Gasteiger charge is 2.48. The molecule has 0 aromatic heterocycles. The topological polar surface area (TPSA) is 66.4 Å². The quantitative estimate of drug-likeness (QED) is 0.794. The zero-order valence-corrected chi connectivity index (χ0v) is 8.72. The van der Waals surface area contributed by atoms with E-state index in [4.69, 9.17) is 5.11 Å². The lowest BCUT2D eigenvalue weighted by Gasteiger charge is -2.03. The van der Waals surface area contributed by atoms with Crippen molar-refractivity contribution in [3.05, 3.63) is 35.9 Å². The van der Waals surface area contributed by atoms with E-state index in [1.807, 2.05) is 30.3 Å². The highest BCUT2D eigenvalue weighted by Crippen LogP contribution is 2.38. The number of carboxylic acids is 1. The lowest BCUT2D eigenvalue weighted by molar-refractivity contribution is -0.140. The van der Waals surface area contributed by atoms with Crippen LogP contribution in [-0.2, 0) is 16.1 Å². The lowest BCUT2D eigenvalue weighted by atomic mass is 10.2. The first-order valence-corrected chi connectivity index (χ1v) is 5.23. The number of aliphatic carboxylic acids is 1. The van der Waals surface area contributed by atoms with Gasteiger partial charge in [0.1, 0.15) is 0 Å². The maximum atomic E-state index is 11.5. The number of carbonyl (C=O) groups excluding carboxylic acids is 1. The average Bonchev–Trinajstić information content (AvgIpc) is 3.07. The fourth-order valence-electron chi connectivity index (χ4n) is 1.67. The second kappa shape index (κ2) is 4.35. The molecule has 1 aromatic rings. The summed E-state index contributed by atoms with van der Waals surface area (Å²) >= 11 is 0. The molecule has 1 fully saturated rings. The van der Waals surface area contributed by atoms with Crippen molar-refractivity contribution in [2.24, 2.45) is 11.8 Å². The third-order valence-electron chi connectivity index (χ3n) is 2.75. The van der Waals surface area contributed by atoms with Gasteiger partial charge in [0.05, 0.1) is 11.8 Å². The smallest absolute Gasteiger partial charge is 0.307 e. The Hall–Kier alpha value is -1.84. The van der Waals surface area contributed by atoms with Crippen LogP contribution in [0.15, 0.2) is 30.3 Å². The van der Waals surface area contributed by atoms with E-state index in [2.05, 4.69) is 5.32 Å². The van der Waals surface area contributed by atoms with Crippen LogP contribution in [0, 0.1) is 11.8 Å². The fourth-order valence-corrected chi connectivity index (χ4v) is 1.67. The summed E-state index contributed by atoms with van der Waals surface area (Å²) in [6, 6.07) is 9.55. The van der Waals surface area contributed by atoms with Crippen LogP contribution in [0.25, 0.3) is 0 Å². The third kappa shape index (κ3) is 2.39. The second-order valence-corrected chi connectivity index (χ2v) is 3.99. The van der Waals surface area contributed by atoms with Crippen molar-refractivity contribution in [2.45, 2.75) is 13.0 Å². The summed E-state index contributed by atoms with van der Waals surface area (Å²) in [7, 11) is 0. The molecule has 0 heterocycles. The minimum Gasteiger partial charge on any atom is -0.481 e. The van der Waals surface area contributed by atoms with E-state index in [1.54, 1.807) is 0 Å². The minimum atomic E-state index is -0.875. The minimum absolute atomic E-state index is 0.156. The van der Waals surface area contributed by atoms with E-state index in [0.717, 1.165) is 5.56 Å². The molecule has 1 saturated carbocycles. The van der Waals surface area contributed by atoms with Gasteiger partial charge in [-0.15, -0.1) is 0 Å². The highest BCUT2D eigenvalue weighted by atomic mass is 16.4. The van der Waals surface area contributed by atoms with Crippen LogP contribution in [0.4, 0.5) is 0 Å². The Morgan fingerprint density at radius 2 is 1.94 bits per heavy atom. The molecule has 16 heavy (non-hydrogen) atoms. The standard InChI is InChI=1S/C12H13NO3/c14-11(9-6-10(9)12(15)16)13-7-8-4-2-1-3-5-8/h1-5,9-10H,6-7H2,(H,13,14)(H,15,16)/t9-,10+/m1/s1. The summed E-state index contributed by atoms with van der Waals surface area (Å²) in [6.07, 6.45) is 0.468. The fraction of sp³-hybridized carbons (Fsp3) is 0.333. The normalized spacial score (nSPS) is 22.5. The zero-order chi connectivity index (χ0) is 11.5. The number of hydrogen-bond acceptors (Lipinski definition) is 2. The van der Waals surface area contributed by atoms with Crippen molar-refractivity contribution in [3.63, 3.8) is 0 Å². The molecular formula is C12H13NO3. The number of nitrogens with one attached hydrogen (secondary N) is 1.